The van der Waals surface area contributed by atoms with E-state index in [0.29, 0.717) is 24.3 Å². The average Bonchev–Trinajstić information content (AvgIpc) is 3.65. The normalized spacial score (nSPS) is 21.1. The molecule has 4 aromatic heterocycles. The molecule has 6 heterocycles. The third-order valence-electron chi connectivity index (χ3n) is 7.46. The second-order valence-corrected chi connectivity index (χ2v) is 9.56. The van der Waals surface area contributed by atoms with Crippen molar-refractivity contribution < 1.29 is 4.74 Å². The molecule has 2 fully saturated rings. The van der Waals surface area contributed by atoms with Gasteiger partial charge in [-0.25, -0.2) is 9.97 Å². The van der Waals surface area contributed by atoms with Crippen LogP contribution in [0.15, 0.2) is 61.3 Å². The van der Waals surface area contributed by atoms with E-state index in [4.69, 9.17) is 9.72 Å². The van der Waals surface area contributed by atoms with Crippen LogP contribution < -0.4 is 9.64 Å². The van der Waals surface area contributed by atoms with Gasteiger partial charge in [-0.15, -0.1) is 0 Å². The summed E-state index contributed by atoms with van der Waals surface area (Å²) in [6.45, 7) is 2.63. The molecular formula is C27H28N8O. The van der Waals surface area contributed by atoms with E-state index in [0.717, 1.165) is 53.4 Å². The molecule has 4 aromatic rings. The number of hydrogen-bond acceptors (Lipinski definition) is 7. The van der Waals surface area contributed by atoms with Crippen molar-refractivity contribution in [2.45, 2.75) is 25.0 Å². The van der Waals surface area contributed by atoms with Crippen LogP contribution in [0.5, 0.6) is 5.88 Å². The Bertz CT molecular complexity index is 1380. The number of aryl methyl sites for hydroxylation is 1. The number of H-pyrrole nitrogens is 1. The average molecular weight is 481 g/mol. The van der Waals surface area contributed by atoms with Crippen molar-refractivity contribution in [1.29, 1.82) is 5.26 Å². The Labute approximate surface area is 210 Å². The zero-order valence-electron chi connectivity index (χ0n) is 20.4. The minimum absolute atomic E-state index is 0.261. The number of hydrogen-bond donors (Lipinski definition) is 1. The third kappa shape index (κ3) is 3.99. The zero-order valence-corrected chi connectivity index (χ0v) is 20.4. The van der Waals surface area contributed by atoms with Crippen molar-refractivity contribution >= 4 is 5.82 Å². The van der Waals surface area contributed by atoms with Crippen LogP contribution in [0.1, 0.15) is 12.0 Å². The lowest BCUT2D eigenvalue weighted by Gasteiger charge is -2.51. The molecule has 0 aliphatic carbocycles. The highest BCUT2D eigenvalue weighted by molar-refractivity contribution is 5.71. The van der Waals surface area contributed by atoms with Crippen LogP contribution in [-0.2, 0) is 13.6 Å². The minimum Gasteiger partial charge on any atom is -0.481 e. The van der Waals surface area contributed by atoms with Crippen LogP contribution in [0.25, 0.3) is 22.4 Å². The van der Waals surface area contributed by atoms with Crippen LogP contribution in [-0.4, -0.2) is 61.9 Å². The van der Waals surface area contributed by atoms with Crippen LogP contribution >= 0.6 is 0 Å². The molecule has 2 saturated heterocycles. The van der Waals surface area contributed by atoms with Crippen LogP contribution in [0, 0.1) is 17.2 Å². The van der Waals surface area contributed by atoms with Crippen molar-refractivity contribution in [2.75, 3.05) is 25.1 Å². The summed E-state index contributed by atoms with van der Waals surface area (Å²) < 4.78 is 6.98. The smallest absolute Gasteiger partial charge is 0.212 e. The molecule has 9 nitrogen and oxygen atoms in total. The fourth-order valence-corrected chi connectivity index (χ4v) is 5.58. The number of nitrogens with zero attached hydrogens (tertiary/aromatic N) is 7. The number of methoxy groups -OCH3 is 1. The van der Waals surface area contributed by atoms with Gasteiger partial charge in [0.25, 0.3) is 0 Å². The summed E-state index contributed by atoms with van der Waals surface area (Å²) in [5.41, 5.74) is 5.40. The molecule has 0 amide bonds. The lowest BCUT2D eigenvalue weighted by atomic mass is 9.80. The number of likely N-dealkylation sites (tertiary alicyclic amines) is 1. The predicted molar refractivity (Wildman–Crippen MR) is 136 cm³/mol. The fraction of sp³-hybridized carbons (Fsp3) is 0.333. The maximum absolute atomic E-state index is 9.43. The summed E-state index contributed by atoms with van der Waals surface area (Å²) in [6.07, 6.45) is 10.2. The summed E-state index contributed by atoms with van der Waals surface area (Å²) in [7, 11) is 3.54. The molecule has 182 valence electrons. The first-order chi connectivity index (χ1) is 17.6. The number of anilines is 1. The van der Waals surface area contributed by atoms with Gasteiger partial charge in [-0.3, -0.25) is 9.58 Å². The molecule has 3 atom stereocenters. The van der Waals surface area contributed by atoms with Crippen molar-refractivity contribution in [3.8, 4) is 34.3 Å². The Morgan fingerprint density at radius 3 is 2.69 bits per heavy atom. The molecule has 0 spiro atoms. The van der Waals surface area contributed by atoms with Crippen LogP contribution in [0.3, 0.4) is 0 Å². The second kappa shape index (κ2) is 9.13. The molecule has 6 rings (SSSR count). The molecule has 0 unspecified atom stereocenters. The molecule has 36 heavy (non-hydrogen) atoms. The van der Waals surface area contributed by atoms with E-state index in [1.54, 1.807) is 11.8 Å². The van der Waals surface area contributed by atoms with Gasteiger partial charge in [0.05, 0.1) is 25.8 Å². The number of aromatic nitrogens is 5. The first kappa shape index (κ1) is 22.3. The highest BCUT2D eigenvalue weighted by atomic mass is 16.5. The number of ether oxygens (including phenoxy) is 1. The predicted octanol–water partition coefficient (Wildman–Crippen LogP) is 3.48. The molecule has 0 saturated carbocycles. The Hall–Kier alpha value is -4.16. The Morgan fingerprint density at radius 1 is 1.08 bits per heavy atom. The molecule has 0 aromatic carbocycles. The van der Waals surface area contributed by atoms with E-state index in [2.05, 4.69) is 55.2 Å². The number of rotatable bonds is 7. The van der Waals surface area contributed by atoms with Crippen molar-refractivity contribution in [1.82, 2.24) is 29.6 Å². The molecule has 1 N–H and O–H groups in total. The fourth-order valence-electron chi connectivity index (χ4n) is 5.58. The van der Waals surface area contributed by atoms with Gasteiger partial charge in [-0.1, -0.05) is 6.07 Å². The van der Waals surface area contributed by atoms with E-state index in [1.807, 2.05) is 44.1 Å². The van der Waals surface area contributed by atoms with E-state index in [9.17, 15) is 5.26 Å². The summed E-state index contributed by atoms with van der Waals surface area (Å²) in [6, 6.07) is 13.4. The monoisotopic (exact) mass is 480 g/mol. The van der Waals surface area contributed by atoms with Gasteiger partial charge >= 0.3 is 0 Å². The Morgan fingerprint density at radius 2 is 2.00 bits per heavy atom. The lowest BCUT2D eigenvalue weighted by molar-refractivity contribution is -0.0306. The van der Waals surface area contributed by atoms with E-state index in [-0.39, 0.29) is 6.04 Å². The second-order valence-electron chi connectivity index (χ2n) is 9.56. The number of aromatic amines is 1. The molecule has 2 aliphatic heterocycles. The number of nitriles is 1. The summed E-state index contributed by atoms with van der Waals surface area (Å²) >= 11 is 0. The molecule has 2 aliphatic rings. The maximum Gasteiger partial charge on any atom is 0.212 e. The molecule has 0 radical (unpaired) electrons. The highest BCUT2D eigenvalue weighted by Gasteiger charge is 2.52. The van der Waals surface area contributed by atoms with Gasteiger partial charge < -0.3 is 14.6 Å². The minimum atomic E-state index is 0.261. The number of fused-ring (bicyclic) bond motifs is 1. The number of nitrogens with one attached hydrogen (secondary N) is 1. The lowest BCUT2D eigenvalue weighted by Crippen LogP contribution is -2.62. The van der Waals surface area contributed by atoms with Gasteiger partial charge in [0.15, 0.2) is 0 Å². The van der Waals surface area contributed by atoms with E-state index >= 15 is 0 Å². The number of pyridine rings is 2. The molecule has 0 bridgehead atoms. The Balaban J connectivity index is 1.15. The van der Waals surface area contributed by atoms with Gasteiger partial charge in [-0.2, -0.15) is 10.4 Å². The van der Waals surface area contributed by atoms with E-state index in [1.165, 1.54) is 0 Å². The first-order valence-corrected chi connectivity index (χ1v) is 12.1. The largest absolute Gasteiger partial charge is 0.481 e. The summed E-state index contributed by atoms with van der Waals surface area (Å²) in [5, 5.41) is 13.7. The van der Waals surface area contributed by atoms with Crippen LogP contribution in [0.4, 0.5) is 5.82 Å². The highest BCUT2D eigenvalue weighted by Crippen LogP contribution is 2.42. The van der Waals surface area contributed by atoms with Gasteiger partial charge in [0.1, 0.15) is 5.82 Å². The maximum atomic E-state index is 9.43. The zero-order chi connectivity index (χ0) is 24.6. The van der Waals surface area contributed by atoms with Gasteiger partial charge in [-0.05, 0) is 23.8 Å². The first-order valence-electron chi connectivity index (χ1n) is 12.1. The van der Waals surface area contributed by atoms with Gasteiger partial charge in [0, 0.05) is 97.9 Å². The van der Waals surface area contributed by atoms with E-state index < -0.39 is 0 Å². The summed E-state index contributed by atoms with van der Waals surface area (Å²) in [5.74, 6) is 2.07. The third-order valence-corrected chi connectivity index (χ3v) is 7.46. The van der Waals surface area contributed by atoms with Crippen molar-refractivity contribution in [3.05, 3.63) is 66.9 Å². The standard InChI is InChI=1S/C27H28N8O/c1-33-15-21(13-32-33)23-9-20(12-29-23)19-4-5-26(30-11-19)34-16-22-24(7-8-28)35(25(22)17-34)14-18-3-6-27(36-2)31-10-18/h3-6,9-13,15,22,24-25,29H,7,14,16-17H2,1-2H3/t22-,24+,25-/m0/s1. The van der Waals surface area contributed by atoms with Crippen molar-refractivity contribution in [3.63, 3.8) is 0 Å². The van der Waals surface area contributed by atoms with Gasteiger partial charge in [0.2, 0.25) is 5.88 Å². The Kier molecular flexibility index (Phi) is 5.66. The summed E-state index contributed by atoms with van der Waals surface area (Å²) in [4.78, 5) is 17.3. The van der Waals surface area contributed by atoms with Crippen molar-refractivity contribution in [2.24, 2.45) is 13.0 Å². The molecular weight excluding hydrogens is 452 g/mol. The van der Waals surface area contributed by atoms with Crippen LogP contribution in [0.2, 0.25) is 0 Å². The SMILES string of the molecule is COc1ccc(CN2[C@H](CC#N)[C@@H]3CN(c4ccc(-c5c[nH]c(-c6cnn(C)c6)c5)cn4)C[C@@H]32)cn1. The quantitative estimate of drug-likeness (QED) is 0.432. The molecule has 9 heteroatoms. The topological polar surface area (TPSA) is 98.9 Å².